The van der Waals surface area contributed by atoms with Gasteiger partial charge in [-0.1, -0.05) is 12.1 Å². The van der Waals surface area contributed by atoms with Crippen molar-refractivity contribution in [3.63, 3.8) is 0 Å². The lowest BCUT2D eigenvalue weighted by Gasteiger charge is -2.37. The number of nitrogens with two attached hydrogens (primary N) is 1. The molecule has 1 aliphatic heterocycles. The third kappa shape index (κ3) is 8.35. The Balaban J connectivity index is 2.29. The first-order chi connectivity index (χ1) is 16.1. The molecule has 0 bridgehead atoms. The number of carbonyl (C=O) groups is 3. The van der Waals surface area contributed by atoms with Gasteiger partial charge in [0.05, 0.1) is 6.04 Å². The number of benzene rings is 1. The van der Waals surface area contributed by atoms with E-state index in [0.29, 0.717) is 57.9 Å². The van der Waals surface area contributed by atoms with Crippen molar-refractivity contribution in [3.8, 4) is 0 Å². The lowest BCUT2D eigenvalue weighted by atomic mass is 10.0. The number of rotatable bonds is 8. The average Bonchev–Trinajstić information content (AvgIpc) is 2.80. The van der Waals surface area contributed by atoms with Crippen molar-refractivity contribution in [1.29, 1.82) is 0 Å². The molecule has 0 amide bonds. The minimum absolute atomic E-state index is 0.0383. The summed E-state index contributed by atoms with van der Waals surface area (Å²) in [5.41, 5.74) is 7.58. The molecule has 1 saturated heterocycles. The van der Waals surface area contributed by atoms with E-state index in [1.165, 1.54) is 0 Å². The SMILES string of the molecule is CC(C=O)N1CCNC(Cc2ccc(N)cc2)CN(C(C)C(=O)O)CCN(C(C)C(=O)O)CC1. The summed E-state index contributed by atoms with van der Waals surface area (Å²) in [4.78, 5) is 40.8. The summed E-state index contributed by atoms with van der Waals surface area (Å²) in [7, 11) is 0. The number of carbonyl (C=O) groups excluding carboxylic acids is 1. The topological polar surface area (TPSA) is 139 Å². The molecule has 1 heterocycles. The zero-order valence-electron chi connectivity index (χ0n) is 20.4. The van der Waals surface area contributed by atoms with Crippen molar-refractivity contribution in [3.05, 3.63) is 29.8 Å². The second-order valence-corrected chi connectivity index (χ2v) is 9.07. The number of carboxylic acids is 2. The average molecular weight is 478 g/mol. The van der Waals surface area contributed by atoms with Gasteiger partial charge in [-0.2, -0.15) is 0 Å². The van der Waals surface area contributed by atoms with E-state index in [1.807, 2.05) is 45.9 Å². The molecular formula is C24H39N5O5. The number of nitrogen functional groups attached to an aromatic ring is 1. The number of hydrogen-bond donors (Lipinski definition) is 4. The van der Waals surface area contributed by atoms with Gasteiger partial charge in [-0.25, -0.2) is 0 Å². The molecule has 1 aliphatic rings. The second-order valence-electron chi connectivity index (χ2n) is 9.07. The highest BCUT2D eigenvalue weighted by atomic mass is 16.4. The van der Waals surface area contributed by atoms with Crippen molar-refractivity contribution < 1.29 is 24.6 Å². The summed E-state index contributed by atoms with van der Waals surface area (Å²) in [5.74, 6) is -1.84. The third-order valence-corrected chi connectivity index (χ3v) is 6.68. The number of carboxylic acid groups (broad SMARTS) is 2. The number of nitrogens with zero attached hydrogens (tertiary/aromatic N) is 3. The molecule has 4 atom stereocenters. The molecule has 0 aliphatic carbocycles. The van der Waals surface area contributed by atoms with E-state index >= 15 is 0 Å². The maximum absolute atomic E-state index is 11.8. The molecule has 2 rings (SSSR count). The van der Waals surface area contributed by atoms with Crippen molar-refractivity contribution in [1.82, 2.24) is 20.0 Å². The highest BCUT2D eigenvalue weighted by molar-refractivity contribution is 5.73. The molecule has 10 nitrogen and oxygen atoms in total. The molecule has 1 aromatic rings. The Hall–Kier alpha value is -2.53. The summed E-state index contributed by atoms with van der Waals surface area (Å²) in [5, 5.41) is 22.8. The highest BCUT2D eigenvalue weighted by Crippen LogP contribution is 2.12. The highest BCUT2D eigenvalue weighted by Gasteiger charge is 2.28. The standard InChI is InChI=1S/C24H39N5O5/c1-17(16-30)27-9-8-26-22(14-20-4-6-21(25)7-5-20)15-29(19(3)24(33)34)13-12-28(11-10-27)18(2)23(31)32/h4-7,16-19,22,26H,8-15,25H2,1-3H3,(H,31,32)(H,33,34). The lowest BCUT2D eigenvalue weighted by molar-refractivity contribution is -0.145. The van der Waals surface area contributed by atoms with Gasteiger partial charge in [0.1, 0.15) is 18.4 Å². The maximum Gasteiger partial charge on any atom is 0.320 e. The number of nitrogens with one attached hydrogen (secondary N) is 1. The Morgan fingerprint density at radius 2 is 1.50 bits per heavy atom. The van der Waals surface area contributed by atoms with Gasteiger partial charge in [0, 0.05) is 57.5 Å². The summed E-state index contributed by atoms with van der Waals surface area (Å²) in [6.45, 7) is 8.67. The van der Waals surface area contributed by atoms with E-state index in [4.69, 9.17) is 5.73 Å². The van der Waals surface area contributed by atoms with E-state index in [1.54, 1.807) is 13.8 Å². The monoisotopic (exact) mass is 477 g/mol. The molecule has 10 heteroatoms. The number of anilines is 1. The van der Waals surface area contributed by atoms with Gasteiger partial charge in [0.25, 0.3) is 0 Å². The molecule has 0 saturated carbocycles. The Morgan fingerprint density at radius 1 is 0.971 bits per heavy atom. The third-order valence-electron chi connectivity index (χ3n) is 6.68. The Morgan fingerprint density at radius 3 is 2.06 bits per heavy atom. The molecule has 1 aromatic carbocycles. The van der Waals surface area contributed by atoms with Crippen LogP contribution in [-0.2, 0) is 20.8 Å². The van der Waals surface area contributed by atoms with Gasteiger partial charge in [0.2, 0.25) is 0 Å². The first-order valence-electron chi connectivity index (χ1n) is 11.8. The van der Waals surface area contributed by atoms with Crippen LogP contribution >= 0.6 is 0 Å². The van der Waals surface area contributed by atoms with Crippen LogP contribution in [-0.4, -0.2) is 113 Å². The van der Waals surface area contributed by atoms with Gasteiger partial charge in [-0.15, -0.1) is 0 Å². The van der Waals surface area contributed by atoms with Crippen molar-refractivity contribution in [2.45, 2.75) is 51.4 Å². The zero-order valence-corrected chi connectivity index (χ0v) is 20.4. The fourth-order valence-corrected chi connectivity index (χ4v) is 4.21. The van der Waals surface area contributed by atoms with Gasteiger partial charge >= 0.3 is 11.9 Å². The summed E-state index contributed by atoms with van der Waals surface area (Å²) >= 11 is 0. The zero-order chi connectivity index (χ0) is 25.3. The first kappa shape index (κ1) is 27.7. The van der Waals surface area contributed by atoms with Gasteiger partial charge in [-0.05, 0) is 44.9 Å². The van der Waals surface area contributed by atoms with Crippen LogP contribution in [0.2, 0.25) is 0 Å². The van der Waals surface area contributed by atoms with Crippen LogP contribution < -0.4 is 11.1 Å². The van der Waals surface area contributed by atoms with Crippen LogP contribution in [0.3, 0.4) is 0 Å². The summed E-state index contributed by atoms with van der Waals surface area (Å²) in [6.07, 6.45) is 1.58. The summed E-state index contributed by atoms with van der Waals surface area (Å²) < 4.78 is 0. The second kappa shape index (κ2) is 13.4. The van der Waals surface area contributed by atoms with E-state index < -0.39 is 24.0 Å². The minimum Gasteiger partial charge on any atom is -0.480 e. The predicted octanol–water partition coefficient (Wildman–Crippen LogP) is 0.223. The lowest BCUT2D eigenvalue weighted by Crippen LogP contribution is -2.55. The smallest absolute Gasteiger partial charge is 0.320 e. The van der Waals surface area contributed by atoms with Crippen molar-refractivity contribution >= 4 is 23.9 Å². The van der Waals surface area contributed by atoms with Crippen molar-refractivity contribution in [2.75, 3.05) is 51.5 Å². The maximum atomic E-state index is 11.8. The van der Waals surface area contributed by atoms with Crippen LogP contribution in [0.15, 0.2) is 24.3 Å². The van der Waals surface area contributed by atoms with Crippen LogP contribution in [0.5, 0.6) is 0 Å². The van der Waals surface area contributed by atoms with Crippen molar-refractivity contribution in [2.24, 2.45) is 0 Å². The number of aldehydes is 1. The van der Waals surface area contributed by atoms with E-state index in [9.17, 15) is 24.6 Å². The fourth-order valence-electron chi connectivity index (χ4n) is 4.21. The van der Waals surface area contributed by atoms with E-state index in [0.717, 1.165) is 11.8 Å². The van der Waals surface area contributed by atoms with Crippen LogP contribution in [0.4, 0.5) is 5.69 Å². The first-order valence-corrected chi connectivity index (χ1v) is 11.8. The molecule has 4 unspecified atom stereocenters. The van der Waals surface area contributed by atoms with Crippen LogP contribution in [0, 0.1) is 0 Å². The molecule has 0 spiro atoms. The van der Waals surface area contributed by atoms with Gasteiger partial charge < -0.3 is 26.1 Å². The van der Waals surface area contributed by atoms with E-state index in [-0.39, 0.29) is 12.1 Å². The number of hydrogen-bond acceptors (Lipinski definition) is 8. The van der Waals surface area contributed by atoms with E-state index in [2.05, 4.69) is 5.32 Å². The largest absolute Gasteiger partial charge is 0.480 e. The Labute approximate surface area is 201 Å². The molecule has 5 N–H and O–H groups in total. The molecule has 34 heavy (non-hydrogen) atoms. The van der Waals surface area contributed by atoms with Crippen LogP contribution in [0.25, 0.3) is 0 Å². The summed E-state index contributed by atoms with van der Waals surface area (Å²) in [6, 6.07) is 5.87. The normalized spacial score (nSPS) is 22.6. The molecule has 1 fully saturated rings. The number of aliphatic carboxylic acids is 2. The molecule has 190 valence electrons. The van der Waals surface area contributed by atoms with Crippen LogP contribution in [0.1, 0.15) is 26.3 Å². The molecular weight excluding hydrogens is 438 g/mol. The minimum atomic E-state index is -0.928. The quantitative estimate of drug-likeness (QED) is 0.304. The fraction of sp³-hybridized carbons (Fsp3) is 0.625. The van der Waals surface area contributed by atoms with Gasteiger partial charge in [-0.3, -0.25) is 24.3 Å². The Bertz CT molecular complexity index is 805. The Kier molecular flexibility index (Phi) is 10.9. The predicted molar refractivity (Wildman–Crippen MR) is 131 cm³/mol. The molecule has 0 radical (unpaired) electrons. The van der Waals surface area contributed by atoms with Gasteiger partial charge in [0.15, 0.2) is 0 Å². The molecule has 0 aromatic heterocycles.